The van der Waals surface area contributed by atoms with Gasteiger partial charge in [0.15, 0.2) is 0 Å². The zero-order valence-electron chi connectivity index (χ0n) is 11.3. The number of amides is 2. The van der Waals surface area contributed by atoms with Crippen molar-refractivity contribution in [1.29, 1.82) is 0 Å². The maximum Gasteiger partial charge on any atom is 0.253 e. The number of nitrogens with one attached hydrogen (secondary N) is 2. The lowest BCUT2D eigenvalue weighted by Gasteiger charge is -2.11. The third-order valence-corrected chi connectivity index (χ3v) is 2.95. The molecule has 5 nitrogen and oxygen atoms in total. The van der Waals surface area contributed by atoms with Crippen molar-refractivity contribution in [1.82, 2.24) is 10.2 Å². The van der Waals surface area contributed by atoms with Crippen molar-refractivity contribution >= 4 is 17.5 Å². The summed E-state index contributed by atoms with van der Waals surface area (Å²) < 4.78 is 0. The highest BCUT2D eigenvalue weighted by atomic mass is 16.2. The van der Waals surface area contributed by atoms with E-state index in [1.165, 1.54) is 4.90 Å². The summed E-state index contributed by atoms with van der Waals surface area (Å²) >= 11 is 0. The monoisotopic (exact) mass is 261 g/mol. The van der Waals surface area contributed by atoms with Gasteiger partial charge >= 0.3 is 0 Å². The van der Waals surface area contributed by atoms with Gasteiger partial charge in [-0.2, -0.15) is 0 Å². The molecule has 0 unspecified atom stereocenters. The number of benzene rings is 1. The van der Waals surface area contributed by atoms with E-state index in [-0.39, 0.29) is 11.8 Å². The highest BCUT2D eigenvalue weighted by molar-refractivity contribution is 5.95. The lowest BCUT2D eigenvalue weighted by atomic mass is 10.2. The third kappa shape index (κ3) is 4.06. The fourth-order valence-electron chi connectivity index (χ4n) is 1.68. The molecule has 102 valence electrons. The Hall–Kier alpha value is -1.88. The molecule has 1 fully saturated rings. The van der Waals surface area contributed by atoms with E-state index in [0.717, 1.165) is 12.8 Å². The minimum absolute atomic E-state index is 0.0479. The molecule has 1 saturated carbocycles. The summed E-state index contributed by atoms with van der Waals surface area (Å²) in [5, 5.41) is 5.94. The van der Waals surface area contributed by atoms with Gasteiger partial charge in [0.05, 0.1) is 6.54 Å². The molecule has 1 aromatic carbocycles. The number of carbonyl (C=O) groups is 2. The summed E-state index contributed by atoms with van der Waals surface area (Å²) in [6, 6.07) is 7.43. The maximum absolute atomic E-state index is 11.7. The van der Waals surface area contributed by atoms with Crippen LogP contribution in [0.3, 0.4) is 0 Å². The Morgan fingerprint density at radius 1 is 1.21 bits per heavy atom. The van der Waals surface area contributed by atoms with E-state index in [1.807, 2.05) is 0 Å². The summed E-state index contributed by atoms with van der Waals surface area (Å²) in [5.74, 6) is -0.105. The van der Waals surface area contributed by atoms with Gasteiger partial charge in [-0.25, -0.2) is 0 Å². The lowest BCUT2D eigenvalue weighted by Crippen LogP contribution is -2.29. The van der Waals surface area contributed by atoms with Crippen molar-refractivity contribution in [2.75, 3.05) is 26.0 Å². The van der Waals surface area contributed by atoms with Crippen LogP contribution in [-0.2, 0) is 4.79 Å². The van der Waals surface area contributed by atoms with Crippen molar-refractivity contribution in [2.45, 2.75) is 18.9 Å². The number of nitrogens with zero attached hydrogens (tertiary/aromatic N) is 1. The van der Waals surface area contributed by atoms with E-state index in [1.54, 1.807) is 38.4 Å². The van der Waals surface area contributed by atoms with Gasteiger partial charge in [-0.05, 0) is 37.1 Å². The maximum atomic E-state index is 11.7. The average molecular weight is 261 g/mol. The molecule has 0 aliphatic heterocycles. The molecular weight excluding hydrogens is 242 g/mol. The predicted molar refractivity (Wildman–Crippen MR) is 74.1 cm³/mol. The normalized spacial score (nSPS) is 14.0. The minimum atomic E-state index is -0.0569. The fraction of sp³-hybridized carbons (Fsp3) is 0.429. The van der Waals surface area contributed by atoms with Crippen LogP contribution in [0.15, 0.2) is 24.3 Å². The van der Waals surface area contributed by atoms with Crippen molar-refractivity contribution in [3.8, 4) is 0 Å². The fourth-order valence-corrected chi connectivity index (χ4v) is 1.68. The largest absolute Gasteiger partial charge is 0.345 e. The number of rotatable bonds is 5. The second-order valence-corrected chi connectivity index (χ2v) is 4.98. The van der Waals surface area contributed by atoms with Crippen LogP contribution in [0.2, 0.25) is 0 Å². The topological polar surface area (TPSA) is 61.4 Å². The van der Waals surface area contributed by atoms with Crippen molar-refractivity contribution in [3.05, 3.63) is 29.8 Å². The predicted octanol–water partition coefficient (Wildman–Crippen LogP) is 1.08. The van der Waals surface area contributed by atoms with E-state index < -0.39 is 0 Å². The van der Waals surface area contributed by atoms with E-state index in [9.17, 15) is 9.59 Å². The first-order valence-corrected chi connectivity index (χ1v) is 6.41. The second-order valence-electron chi connectivity index (χ2n) is 4.98. The highest BCUT2D eigenvalue weighted by Crippen LogP contribution is 2.18. The number of hydrogen-bond acceptors (Lipinski definition) is 3. The first-order chi connectivity index (χ1) is 9.06. The zero-order valence-corrected chi connectivity index (χ0v) is 11.3. The number of hydrogen-bond donors (Lipinski definition) is 2. The molecular formula is C14H19N3O2. The van der Waals surface area contributed by atoms with Crippen LogP contribution in [0.25, 0.3) is 0 Å². The summed E-state index contributed by atoms with van der Waals surface area (Å²) in [6.45, 7) is 0.336. The van der Waals surface area contributed by atoms with E-state index >= 15 is 0 Å². The summed E-state index contributed by atoms with van der Waals surface area (Å²) in [7, 11) is 3.42. The van der Waals surface area contributed by atoms with Crippen LogP contribution >= 0.6 is 0 Å². The van der Waals surface area contributed by atoms with E-state index in [0.29, 0.717) is 23.8 Å². The molecule has 0 saturated heterocycles. The SMILES string of the molecule is CN(C)C(=O)c1ccc(NC(=O)CNC2CC2)cc1. The number of anilines is 1. The van der Waals surface area contributed by atoms with Crippen LogP contribution in [0.5, 0.6) is 0 Å². The molecule has 19 heavy (non-hydrogen) atoms. The van der Waals surface area contributed by atoms with E-state index in [2.05, 4.69) is 10.6 Å². The quantitative estimate of drug-likeness (QED) is 0.833. The second kappa shape index (κ2) is 5.84. The Kier molecular flexibility index (Phi) is 4.16. The third-order valence-electron chi connectivity index (χ3n) is 2.95. The Balaban J connectivity index is 1.86. The first-order valence-electron chi connectivity index (χ1n) is 6.41. The molecule has 1 aliphatic carbocycles. The van der Waals surface area contributed by atoms with Gasteiger partial charge in [-0.1, -0.05) is 0 Å². The minimum Gasteiger partial charge on any atom is -0.345 e. The molecule has 0 bridgehead atoms. The van der Waals surface area contributed by atoms with Crippen LogP contribution in [-0.4, -0.2) is 43.4 Å². The zero-order chi connectivity index (χ0) is 13.8. The van der Waals surface area contributed by atoms with Gasteiger partial charge in [0, 0.05) is 31.4 Å². The van der Waals surface area contributed by atoms with Gasteiger partial charge in [0.25, 0.3) is 5.91 Å². The van der Waals surface area contributed by atoms with Gasteiger partial charge in [0.2, 0.25) is 5.91 Å². The molecule has 0 radical (unpaired) electrons. The van der Waals surface area contributed by atoms with Crippen molar-refractivity contribution in [2.24, 2.45) is 0 Å². The molecule has 2 rings (SSSR count). The summed E-state index contributed by atoms with van der Waals surface area (Å²) in [5.41, 5.74) is 1.32. The van der Waals surface area contributed by atoms with Crippen LogP contribution in [0.1, 0.15) is 23.2 Å². The Bertz CT molecular complexity index is 464. The Morgan fingerprint density at radius 3 is 2.37 bits per heavy atom. The van der Waals surface area contributed by atoms with Crippen molar-refractivity contribution in [3.63, 3.8) is 0 Å². The molecule has 2 amide bonds. The van der Waals surface area contributed by atoms with Crippen LogP contribution in [0.4, 0.5) is 5.69 Å². The Morgan fingerprint density at radius 2 is 1.84 bits per heavy atom. The standard InChI is InChI=1S/C14H19N3O2/c1-17(2)14(19)10-3-5-12(6-4-10)16-13(18)9-15-11-7-8-11/h3-6,11,15H,7-9H2,1-2H3,(H,16,18). The molecule has 0 heterocycles. The van der Waals surface area contributed by atoms with Crippen LogP contribution in [0, 0.1) is 0 Å². The molecule has 5 heteroatoms. The lowest BCUT2D eigenvalue weighted by molar-refractivity contribution is -0.115. The highest BCUT2D eigenvalue weighted by Gasteiger charge is 2.21. The van der Waals surface area contributed by atoms with Crippen molar-refractivity contribution < 1.29 is 9.59 Å². The average Bonchev–Trinajstić information content (AvgIpc) is 3.20. The van der Waals surface area contributed by atoms with Gasteiger partial charge in [0.1, 0.15) is 0 Å². The molecule has 1 aliphatic rings. The summed E-state index contributed by atoms with van der Waals surface area (Å²) in [4.78, 5) is 24.8. The smallest absolute Gasteiger partial charge is 0.253 e. The molecule has 0 spiro atoms. The molecule has 0 atom stereocenters. The van der Waals surface area contributed by atoms with Gasteiger partial charge < -0.3 is 15.5 Å². The van der Waals surface area contributed by atoms with E-state index in [4.69, 9.17) is 0 Å². The Labute approximate surface area is 113 Å². The summed E-state index contributed by atoms with van der Waals surface area (Å²) in [6.07, 6.45) is 2.32. The van der Waals surface area contributed by atoms with Gasteiger partial charge in [-0.15, -0.1) is 0 Å². The molecule has 1 aromatic rings. The number of carbonyl (C=O) groups excluding carboxylic acids is 2. The molecule has 2 N–H and O–H groups in total. The van der Waals surface area contributed by atoms with Crippen LogP contribution < -0.4 is 10.6 Å². The molecule has 0 aromatic heterocycles. The van der Waals surface area contributed by atoms with Gasteiger partial charge in [-0.3, -0.25) is 9.59 Å². The first kappa shape index (κ1) is 13.5.